The number of carbonyl (C=O) groups excluding carboxylic acids is 2. The van der Waals surface area contributed by atoms with E-state index in [2.05, 4.69) is 10.3 Å². The molecular formula is C32H32N4O6. The second-order valence-corrected chi connectivity index (χ2v) is 10.4. The van der Waals surface area contributed by atoms with Crippen molar-refractivity contribution in [2.45, 2.75) is 31.8 Å². The Balaban J connectivity index is 1.35. The molecule has 3 aliphatic rings. The zero-order valence-corrected chi connectivity index (χ0v) is 23.4. The van der Waals surface area contributed by atoms with Crippen molar-refractivity contribution in [1.82, 2.24) is 19.8 Å². The predicted octanol–water partition coefficient (Wildman–Crippen LogP) is 3.25. The predicted molar refractivity (Wildman–Crippen MR) is 156 cm³/mol. The van der Waals surface area contributed by atoms with Crippen LogP contribution in [0.15, 0.2) is 71.8 Å². The van der Waals surface area contributed by atoms with E-state index in [0.717, 1.165) is 16.7 Å². The van der Waals surface area contributed by atoms with E-state index in [1.165, 1.54) is 10.9 Å². The van der Waals surface area contributed by atoms with Crippen LogP contribution in [0.2, 0.25) is 0 Å². The minimum absolute atomic E-state index is 0.0811. The summed E-state index contributed by atoms with van der Waals surface area (Å²) < 4.78 is 19.0. The van der Waals surface area contributed by atoms with Crippen LogP contribution < -0.4 is 25.1 Å². The molecule has 0 aliphatic carbocycles. The van der Waals surface area contributed by atoms with Gasteiger partial charge in [-0.05, 0) is 65.9 Å². The number of hydrogen-bond acceptors (Lipinski definition) is 7. The Bertz CT molecular complexity index is 1700. The molecule has 0 spiro atoms. The quantitative estimate of drug-likeness (QED) is 0.402. The maximum atomic E-state index is 13.9. The molecule has 0 saturated carbocycles. The third kappa shape index (κ3) is 5.52. The highest BCUT2D eigenvalue weighted by Crippen LogP contribution is 2.42. The molecule has 1 atom stereocenters. The molecule has 10 heteroatoms. The number of ether oxygens (including phenoxy) is 3. The van der Waals surface area contributed by atoms with Crippen LogP contribution in [-0.4, -0.2) is 59.7 Å². The van der Waals surface area contributed by atoms with Crippen molar-refractivity contribution in [3.05, 3.63) is 94.0 Å². The minimum Gasteiger partial charge on any atom is -0.494 e. The monoisotopic (exact) mass is 568 g/mol. The number of amides is 2. The molecule has 3 aromatic carbocycles. The number of aromatic nitrogens is 2. The third-order valence-electron chi connectivity index (χ3n) is 7.72. The van der Waals surface area contributed by atoms with Crippen molar-refractivity contribution in [2.75, 3.05) is 33.4 Å². The Morgan fingerprint density at radius 2 is 1.98 bits per heavy atom. The van der Waals surface area contributed by atoms with E-state index in [0.29, 0.717) is 60.7 Å². The topological polar surface area (TPSA) is 112 Å². The Morgan fingerprint density at radius 1 is 1.10 bits per heavy atom. The number of carbonyl (C=O) groups is 2. The molecule has 3 aliphatic heterocycles. The van der Waals surface area contributed by atoms with Crippen LogP contribution in [0.5, 0.6) is 17.2 Å². The average molecular weight is 569 g/mol. The van der Waals surface area contributed by atoms with Gasteiger partial charge in [0, 0.05) is 26.1 Å². The fraction of sp³-hybridized carbons (Fsp3) is 0.312. The van der Waals surface area contributed by atoms with E-state index in [9.17, 15) is 14.4 Å². The summed E-state index contributed by atoms with van der Waals surface area (Å²) in [7, 11) is 1.55. The van der Waals surface area contributed by atoms with E-state index >= 15 is 0 Å². The maximum Gasteiger partial charge on any atom is 0.261 e. The lowest BCUT2D eigenvalue weighted by Gasteiger charge is -2.38. The molecule has 216 valence electrons. The second kappa shape index (κ2) is 11.9. The molecule has 1 aromatic heterocycles. The summed E-state index contributed by atoms with van der Waals surface area (Å²) in [4.78, 5) is 45.5. The van der Waals surface area contributed by atoms with Gasteiger partial charge >= 0.3 is 0 Å². The number of hydrogen-bond donors (Lipinski definition) is 1. The molecule has 0 fully saturated rings. The van der Waals surface area contributed by atoms with Crippen molar-refractivity contribution in [1.29, 1.82) is 0 Å². The van der Waals surface area contributed by atoms with Crippen LogP contribution in [-0.2, 0) is 22.6 Å². The van der Waals surface area contributed by atoms with Gasteiger partial charge in [0.2, 0.25) is 5.91 Å². The van der Waals surface area contributed by atoms with Gasteiger partial charge in [-0.15, -0.1) is 0 Å². The molecule has 0 radical (unpaired) electrons. The first-order valence-electron chi connectivity index (χ1n) is 14.1. The standard InChI is InChI=1S/C32H32N4O6/c1-40-27-18-25-21-10-14-36(30(38)11-13-35-20-34-26-9-3-2-8-24(26)32(35)39)31(25)22-6-4-7-23(16-22)41-15-5-12-33-29(37)19-42-28(27)17-21/h2-4,6-9,16-18,20,31H,5,10-15,19H2,1H3,(H,33,37). The summed E-state index contributed by atoms with van der Waals surface area (Å²) in [5.41, 5.74) is 3.29. The Kier molecular flexibility index (Phi) is 7.76. The summed E-state index contributed by atoms with van der Waals surface area (Å²) in [6.45, 7) is 1.45. The number of rotatable bonds is 4. The Morgan fingerprint density at radius 3 is 2.86 bits per heavy atom. The van der Waals surface area contributed by atoms with E-state index in [1.807, 2.05) is 47.4 Å². The molecule has 7 rings (SSSR count). The summed E-state index contributed by atoms with van der Waals surface area (Å²) in [6, 6.07) is 18.3. The van der Waals surface area contributed by atoms with Gasteiger partial charge in [-0.25, -0.2) is 4.98 Å². The maximum absolute atomic E-state index is 13.9. The molecule has 10 nitrogen and oxygen atoms in total. The van der Waals surface area contributed by atoms with Gasteiger partial charge in [0.25, 0.3) is 11.5 Å². The minimum atomic E-state index is -0.407. The molecule has 6 bridgehead atoms. The summed E-state index contributed by atoms with van der Waals surface area (Å²) in [5.74, 6) is 1.35. The first-order valence-corrected chi connectivity index (χ1v) is 14.1. The molecule has 0 saturated heterocycles. The zero-order valence-electron chi connectivity index (χ0n) is 23.4. The van der Waals surface area contributed by atoms with Gasteiger partial charge in [-0.3, -0.25) is 19.0 Å². The molecule has 2 amide bonds. The number of aryl methyl sites for hydroxylation is 1. The van der Waals surface area contributed by atoms with Crippen LogP contribution in [0.25, 0.3) is 10.9 Å². The van der Waals surface area contributed by atoms with E-state index in [4.69, 9.17) is 14.2 Å². The summed E-state index contributed by atoms with van der Waals surface area (Å²) >= 11 is 0. The Labute approximate surface area is 242 Å². The van der Waals surface area contributed by atoms with E-state index in [1.54, 1.807) is 25.3 Å². The number of nitrogens with zero attached hydrogens (tertiary/aromatic N) is 3. The molecule has 1 unspecified atom stereocenters. The number of nitrogens with one attached hydrogen (secondary N) is 1. The summed E-state index contributed by atoms with van der Waals surface area (Å²) in [5, 5.41) is 3.37. The van der Waals surface area contributed by atoms with Crippen LogP contribution in [0, 0.1) is 0 Å². The van der Waals surface area contributed by atoms with Crippen molar-refractivity contribution in [2.24, 2.45) is 0 Å². The second-order valence-electron chi connectivity index (χ2n) is 10.4. The van der Waals surface area contributed by atoms with Gasteiger partial charge < -0.3 is 24.4 Å². The highest BCUT2D eigenvalue weighted by molar-refractivity contribution is 5.79. The van der Waals surface area contributed by atoms with Gasteiger partial charge in [-0.2, -0.15) is 0 Å². The zero-order chi connectivity index (χ0) is 29.1. The van der Waals surface area contributed by atoms with Crippen LogP contribution in [0.1, 0.15) is 35.6 Å². The lowest BCUT2D eigenvalue weighted by molar-refractivity contribution is -0.133. The van der Waals surface area contributed by atoms with Crippen LogP contribution in [0.3, 0.4) is 0 Å². The summed E-state index contributed by atoms with van der Waals surface area (Å²) in [6.07, 6.45) is 2.87. The number of para-hydroxylation sites is 1. The molecular weight excluding hydrogens is 536 g/mol. The highest BCUT2D eigenvalue weighted by atomic mass is 16.5. The SMILES string of the molecule is COc1cc2c3cc1OCC(=O)NCCCOc1cccc(c1)C2N(C(=O)CCn1cnc2ccccc2c1=O)CC3. The lowest BCUT2D eigenvalue weighted by atomic mass is 9.87. The number of methoxy groups -OCH3 is 1. The highest BCUT2D eigenvalue weighted by Gasteiger charge is 2.33. The van der Waals surface area contributed by atoms with Crippen molar-refractivity contribution in [3.63, 3.8) is 0 Å². The molecule has 1 N–H and O–H groups in total. The smallest absolute Gasteiger partial charge is 0.261 e. The fourth-order valence-electron chi connectivity index (χ4n) is 5.61. The van der Waals surface area contributed by atoms with Gasteiger partial charge in [0.05, 0.1) is 37.0 Å². The van der Waals surface area contributed by atoms with Crippen molar-refractivity contribution < 1.29 is 23.8 Å². The number of benzene rings is 3. The molecule has 4 heterocycles. The van der Waals surface area contributed by atoms with Gasteiger partial charge in [0.1, 0.15) is 5.75 Å². The fourth-order valence-corrected chi connectivity index (χ4v) is 5.61. The number of fused-ring (bicyclic) bond motifs is 9. The van der Waals surface area contributed by atoms with E-state index < -0.39 is 6.04 Å². The molecule has 42 heavy (non-hydrogen) atoms. The van der Waals surface area contributed by atoms with Gasteiger partial charge in [-0.1, -0.05) is 24.3 Å². The lowest BCUT2D eigenvalue weighted by Crippen LogP contribution is -2.41. The van der Waals surface area contributed by atoms with Crippen LogP contribution >= 0.6 is 0 Å². The molecule has 4 aromatic rings. The Hall–Kier alpha value is -4.86. The van der Waals surface area contributed by atoms with E-state index in [-0.39, 0.29) is 36.9 Å². The largest absolute Gasteiger partial charge is 0.494 e. The van der Waals surface area contributed by atoms with Gasteiger partial charge in [0.15, 0.2) is 18.1 Å². The first-order chi connectivity index (χ1) is 20.5. The third-order valence-corrected chi connectivity index (χ3v) is 7.72. The normalized spacial score (nSPS) is 16.8. The van der Waals surface area contributed by atoms with Crippen molar-refractivity contribution in [3.8, 4) is 17.2 Å². The average Bonchev–Trinajstić information content (AvgIpc) is 3.02. The van der Waals surface area contributed by atoms with Crippen molar-refractivity contribution >= 4 is 22.7 Å². The van der Waals surface area contributed by atoms with Crippen LogP contribution in [0.4, 0.5) is 0 Å². The first kappa shape index (κ1) is 27.3.